The van der Waals surface area contributed by atoms with Crippen LogP contribution < -0.4 is 15.4 Å². The molecule has 4 N–H and O–H groups in total. The first-order chi connectivity index (χ1) is 21.2. The lowest BCUT2D eigenvalue weighted by Gasteiger charge is -2.15. The van der Waals surface area contributed by atoms with E-state index in [-0.39, 0.29) is 41.8 Å². The summed E-state index contributed by atoms with van der Waals surface area (Å²) in [6, 6.07) is 16.9. The maximum atomic E-state index is 12.7. The molecule has 0 spiro atoms. The molecule has 0 radical (unpaired) electrons. The molecule has 1 aromatic heterocycles. The summed E-state index contributed by atoms with van der Waals surface area (Å²) >= 11 is 6.19. The van der Waals surface area contributed by atoms with Gasteiger partial charge in [-0.2, -0.15) is 0 Å². The van der Waals surface area contributed by atoms with Crippen molar-refractivity contribution in [2.24, 2.45) is 4.99 Å². The molecular weight excluding hydrogens is 584 g/mol. The summed E-state index contributed by atoms with van der Waals surface area (Å²) in [4.78, 5) is 30.1. The average Bonchev–Trinajstić information content (AvgIpc) is 3.32. The van der Waals surface area contributed by atoms with Gasteiger partial charge in [-0.25, -0.2) is 0 Å². The van der Waals surface area contributed by atoms with Crippen LogP contribution in [0.2, 0.25) is 5.02 Å². The van der Waals surface area contributed by atoms with E-state index in [0.717, 1.165) is 16.8 Å². The van der Waals surface area contributed by atoms with Gasteiger partial charge in [0.15, 0.2) is 17.3 Å². The minimum Gasteiger partial charge on any atom is -0.504 e. The highest BCUT2D eigenvalue weighted by atomic mass is 35.5. The number of nitrogens with zero attached hydrogens (tertiary/aromatic N) is 4. The Hall–Kier alpha value is -4.90. The maximum Gasteiger partial charge on any atom is 0.224 e. The zero-order valence-corrected chi connectivity index (χ0v) is 25.1. The molecule has 228 valence electrons. The average molecular weight is 617 g/mol. The van der Waals surface area contributed by atoms with Crippen molar-refractivity contribution in [3.63, 3.8) is 0 Å². The van der Waals surface area contributed by atoms with Gasteiger partial charge in [0.25, 0.3) is 0 Å². The third-order valence-electron chi connectivity index (χ3n) is 7.12. The molecule has 0 saturated heterocycles. The Kier molecular flexibility index (Phi) is 9.44. The standard InChI is InChI=1S/C32H33ClN6O5/c1-3-34-29(42)18-25-32-38-37-19(2)39(32)26-15-14-22(17-23(26)30(36-25)20-10-12-21(33)13-11-20)44-16-5-4-9-28(41)35-24-7-6-8-27(40)31(24)43/h6-8,10-15,17,25,40,43H,3-5,9,16,18H2,1-2H3,(H,34,42)(H,35,41)/t25-/m0/s1. The molecule has 3 aromatic carbocycles. The number of ether oxygens (including phenoxy) is 1. The molecule has 11 nitrogen and oxygen atoms in total. The van der Waals surface area contributed by atoms with E-state index >= 15 is 0 Å². The van der Waals surface area contributed by atoms with E-state index in [9.17, 15) is 19.8 Å². The number of aliphatic imine (C=N–C) groups is 1. The number of benzene rings is 3. The topological polar surface area (TPSA) is 151 Å². The fourth-order valence-electron chi connectivity index (χ4n) is 5.01. The molecule has 0 unspecified atom stereocenters. The number of amides is 2. The number of hydrogen-bond acceptors (Lipinski definition) is 8. The van der Waals surface area contributed by atoms with Crippen molar-refractivity contribution in [2.45, 2.75) is 45.6 Å². The number of unbranched alkanes of at least 4 members (excludes halogenated alkanes) is 1. The minimum absolute atomic E-state index is 0.110. The number of aromatic hydroxyl groups is 2. The Morgan fingerprint density at radius 1 is 1.02 bits per heavy atom. The van der Waals surface area contributed by atoms with E-state index < -0.39 is 6.04 Å². The van der Waals surface area contributed by atoms with Crippen LogP contribution in [-0.2, 0) is 9.59 Å². The number of rotatable bonds is 11. The van der Waals surface area contributed by atoms with Crippen LogP contribution in [0.5, 0.6) is 17.2 Å². The summed E-state index contributed by atoms with van der Waals surface area (Å²) in [7, 11) is 0. The van der Waals surface area contributed by atoms with Gasteiger partial charge in [-0.1, -0.05) is 29.8 Å². The third kappa shape index (κ3) is 6.84. The van der Waals surface area contributed by atoms with Gasteiger partial charge in [0, 0.05) is 29.1 Å². The number of aromatic nitrogens is 3. The number of fused-ring (bicyclic) bond motifs is 3. The SMILES string of the molecule is CCNC(=O)C[C@@H]1N=C(c2ccc(Cl)cc2)c2cc(OCCCCC(=O)Nc3cccc(O)c3O)ccc2-n2c(C)nnc21. The van der Waals surface area contributed by atoms with Crippen molar-refractivity contribution in [3.05, 3.63) is 88.5 Å². The number of carbonyl (C=O) groups excluding carboxylic acids is 2. The monoisotopic (exact) mass is 616 g/mol. The summed E-state index contributed by atoms with van der Waals surface area (Å²) in [5, 5.41) is 34.3. The number of anilines is 1. The second-order valence-electron chi connectivity index (χ2n) is 10.3. The highest BCUT2D eigenvalue weighted by Crippen LogP contribution is 2.35. The highest BCUT2D eigenvalue weighted by molar-refractivity contribution is 6.30. The van der Waals surface area contributed by atoms with Gasteiger partial charge in [-0.15, -0.1) is 10.2 Å². The van der Waals surface area contributed by atoms with E-state index in [1.54, 1.807) is 12.1 Å². The Bertz CT molecular complexity index is 1700. The third-order valence-corrected chi connectivity index (χ3v) is 7.37. The molecule has 5 rings (SSSR count). The lowest BCUT2D eigenvalue weighted by atomic mass is 10.00. The molecule has 2 heterocycles. The number of phenols is 2. The molecule has 44 heavy (non-hydrogen) atoms. The summed E-state index contributed by atoms with van der Waals surface area (Å²) in [5.74, 6) is 0.792. The molecular formula is C32H33ClN6O5. The molecule has 4 aromatic rings. The van der Waals surface area contributed by atoms with Crippen LogP contribution in [0, 0.1) is 6.92 Å². The predicted octanol–water partition coefficient (Wildman–Crippen LogP) is 5.25. The Labute approximate surface area is 259 Å². The summed E-state index contributed by atoms with van der Waals surface area (Å²) in [6.07, 6.45) is 1.49. The van der Waals surface area contributed by atoms with Crippen molar-refractivity contribution < 1.29 is 24.5 Å². The largest absolute Gasteiger partial charge is 0.504 e. The molecule has 0 aliphatic carbocycles. The zero-order chi connectivity index (χ0) is 31.2. The Balaban J connectivity index is 1.34. The van der Waals surface area contributed by atoms with Gasteiger partial charge in [0.2, 0.25) is 11.8 Å². The Morgan fingerprint density at radius 3 is 2.59 bits per heavy atom. The van der Waals surface area contributed by atoms with E-state index in [1.807, 2.05) is 48.7 Å². The van der Waals surface area contributed by atoms with E-state index in [4.69, 9.17) is 21.3 Å². The molecule has 0 bridgehead atoms. The number of halogens is 1. The van der Waals surface area contributed by atoms with Crippen LogP contribution in [0.4, 0.5) is 5.69 Å². The van der Waals surface area contributed by atoms with Crippen molar-refractivity contribution in [2.75, 3.05) is 18.5 Å². The van der Waals surface area contributed by atoms with Crippen LogP contribution in [0.15, 0.2) is 65.7 Å². The van der Waals surface area contributed by atoms with Crippen LogP contribution >= 0.6 is 11.6 Å². The van der Waals surface area contributed by atoms with E-state index in [2.05, 4.69) is 20.8 Å². The van der Waals surface area contributed by atoms with Gasteiger partial charge in [-0.3, -0.25) is 19.1 Å². The smallest absolute Gasteiger partial charge is 0.224 e. The fourth-order valence-corrected chi connectivity index (χ4v) is 5.13. The van der Waals surface area contributed by atoms with Gasteiger partial charge < -0.3 is 25.6 Å². The van der Waals surface area contributed by atoms with E-state index in [0.29, 0.717) is 54.1 Å². The number of aryl methyl sites for hydroxylation is 1. The first kappa shape index (κ1) is 30.6. The lowest BCUT2D eigenvalue weighted by molar-refractivity contribution is -0.121. The minimum atomic E-state index is -0.571. The summed E-state index contributed by atoms with van der Waals surface area (Å²) in [6.45, 7) is 4.61. The van der Waals surface area contributed by atoms with E-state index in [1.165, 1.54) is 18.2 Å². The van der Waals surface area contributed by atoms with Gasteiger partial charge >= 0.3 is 0 Å². The normalized spacial score (nSPS) is 13.7. The first-order valence-electron chi connectivity index (χ1n) is 14.4. The number of phenolic OH excluding ortho intramolecular Hbond substituents is 2. The molecule has 1 aliphatic heterocycles. The quantitative estimate of drug-likeness (QED) is 0.133. The number of para-hydroxylation sites is 1. The van der Waals surface area contributed by atoms with Crippen LogP contribution in [0.25, 0.3) is 5.69 Å². The van der Waals surface area contributed by atoms with Crippen molar-refractivity contribution in [1.29, 1.82) is 0 Å². The van der Waals surface area contributed by atoms with Crippen LogP contribution in [0.3, 0.4) is 0 Å². The van der Waals surface area contributed by atoms with Gasteiger partial charge in [0.1, 0.15) is 17.6 Å². The van der Waals surface area contributed by atoms with Gasteiger partial charge in [0.05, 0.1) is 30.1 Å². The first-order valence-corrected chi connectivity index (χ1v) is 14.7. The highest BCUT2D eigenvalue weighted by Gasteiger charge is 2.30. The van der Waals surface area contributed by atoms with Crippen molar-refractivity contribution >= 4 is 34.8 Å². The maximum absolute atomic E-state index is 12.7. The lowest BCUT2D eigenvalue weighted by Crippen LogP contribution is -2.25. The predicted molar refractivity (Wildman–Crippen MR) is 167 cm³/mol. The van der Waals surface area contributed by atoms with Crippen LogP contribution in [0.1, 0.15) is 61.4 Å². The van der Waals surface area contributed by atoms with Crippen LogP contribution in [-0.4, -0.2) is 55.7 Å². The zero-order valence-electron chi connectivity index (χ0n) is 24.4. The van der Waals surface area contributed by atoms with Gasteiger partial charge in [-0.05, 0) is 69.2 Å². The second kappa shape index (κ2) is 13.6. The molecule has 1 atom stereocenters. The van der Waals surface area contributed by atoms with Crippen molar-refractivity contribution in [3.8, 4) is 22.9 Å². The number of hydrogen-bond donors (Lipinski definition) is 4. The summed E-state index contributed by atoms with van der Waals surface area (Å²) < 4.78 is 8.02. The molecule has 0 fully saturated rings. The van der Waals surface area contributed by atoms with Crippen molar-refractivity contribution in [1.82, 2.24) is 20.1 Å². The molecule has 1 aliphatic rings. The molecule has 12 heteroatoms. The molecule has 0 saturated carbocycles. The Morgan fingerprint density at radius 2 is 1.82 bits per heavy atom. The number of nitrogens with one attached hydrogen (secondary N) is 2. The second-order valence-corrected chi connectivity index (χ2v) is 10.7. The summed E-state index contributed by atoms with van der Waals surface area (Å²) in [5.41, 5.74) is 3.27. The number of carbonyl (C=O) groups is 2. The fraction of sp³-hybridized carbons (Fsp3) is 0.281. The molecule has 2 amide bonds.